The molecule has 0 radical (unpaired) electrons. The van der Waals surface area contributed by atoms with E-state index >= 15 is 0 Å². The number of rotatable bonds is 12. The highest BCUT2D eigenvalue weighted by Gasteiger charge is 2.12. The highest BCUT2D eigenvalue weighted by Crippen LogP contribution is 2.11. The molecule has 0 aromatic heterocycles. The molecule has 1 aliphatic rings. The highest BCUT2D eigenvalue weighted by atomic mass is 16.6. The van der Waals surface area contributed by atoms with Gasteiger partial charge in [-0.05, 0) is 37.0 Å². The normalized spacial score (nSPS) is 14.1. The molecule has 4 heteroatoms. The second-order valence-electron chi connectivity index (χ2n) is 7.36. The topological polar surface area (TPSA) is 44.6 Å². The van der Waals surface area contributed by atoms with E-state index in [1.54, 1.807) is 12.2 Å². The first-order chi connectivity index (χ1) is 12.0. The Kier molecular flexibility index (Phi) is 10.2. The zero-order valence-electron chi connectivity index (χ0n) is 16.6. The fraction of sp³-hybridized carbons (Fsp3) is 0.667. The number of hydrogen-bond acceptors (Lipinski definition) is 3. The van der Waals surface area contributed by atoms with Gasteiger partial charge in [0.05, 0.1) is 38.8 Å². The number of ether oxygens (including phenoxy) is 1. The van der Waals surface area contributed by atoms with Gasteiger partial charge in [0.15, 0.2) is 0 Å². The van der Waals surface area contributed by atoms with Gasteiger partial charge >= 0.3 is 0 Å². The van der Waals surface area contributed by atoms with Crippen molar-refractivity contribution >= 4 is 5.71 Å². The minimum atomic E-state index is -0.244. The van der Waals surface area contributed by atoms with Crippen molar-refractivity contribution < 1.29 is 14.3 Å². The molecule has 0 aromatic rings. The van der Waals surface area contributed by atoms with Crippen molar-refractivity contribution in [2.45, 2.75) is 52.4 Å². The van der Waals surface area contributed by atoms with E-state index in [1.807, 2.05) is 12.2 Å². The molecule has 0 fully saturated rings. The standard InChI is InChI=1S/C21H36N2O2/c1-5-7-9-10-16-23(3,4)17-18-25-21(24)19-11-13-20(14-12-19)22-15-8-6-2/h11-14H,5-10,15-18H2,1-4H3. The first-order valence-corrected chi connectivity index (χ1v) is 9.75. The summed E-state index contributed by atoms with van der Waals surface area (Å²) < 4.78 is 6.34. The summed E-state index contributed by atoms with van der Waals surface area (Å²) in [5.74, 6) is -0.244. The van der Waals surface area contributed by atoms with Crippen LogP contribution >= 0.6 is 0 Å². The van der Waals surface area contributed by atoms with Crippen molar-refractivity contribution in [2.75, 3.05) is 40.3 Å². The SMILES string of the molecule is CCCCCC[N+](C)(C)CCOC([O-])=C1C=CC(=NCCCC)C=C1. The Balaban J connectivity index is 2.37. The van der Waals surface area contributed by atoms with Crippen molar-refractivity contribution in [3.05, 3.63) is 35.8 Å². The van der Waals surface area contributed by atoms with Gasteiger partial charge in [-0.15, -0.1) is 0 Å². The number of nitrogens with zero attached hydrogens (tertiary/aromatic N) is 2. The van der Waals surface area contributed by atoms with E-state index in [0.717, 1.165) is 42.7 Å². The molecular formula is C21H36N2O2. The number of likely N-dealkylation sites (N-methyl/N-ethyl adjacent to an activating group) is 1. The van der Waals surface area contributed by atoms with Gasteiger partial charge in [0.1, 0.15) is 0 Å². The molecule has 0 amide bonds. The van der Waals surface area contributed by atoms with E-state index < -0.39 is 0 Å². The molecule has 4 nitrogen and oxygen atoms in total. The average molecular weight is 349 g/mol. The molecule has 0 aromatic carbocycles. The van der Waals surface area contributed by atoms with Gasteiger partial charge in [-0.3, -0.25) is 4.99 Å². The smallest absolute Gasteiger partial charge is 0.0877 e. The first kappa shape index (κ1) is 21.5. The number of quaternary nitrogens is 1. The molecular weight excluding hydrogens is 312 g/mol. The fourth-order valence-corrected chi connectivity index (χ4v) is 2.62. The second kappa shape index (κ2) is 11.9. The summed E-state index contributed by atoms with van der Waals surface area (Å²) in [6, 6.07) is 0. The van der Waals surface area contributed by atoms with Crippen LogP contribution in [0.4, 0.5) is 0 Å². The van der Waals surface area contributed by atoms with E-state index in [-0.39, 0.29) is 5.95 Å². The molecule has 0 heterocycles. The molecule has 1 aliphatic carbocycles. The van der Waals surface area contributed by atoms with E-state index in [0.29, 0.717) is 12.2 Å². The van der Waals surface area contributed by atoms with Crippen LogP contribution in [-0.2, 0) is 4.74 Å². The summed E-state index contributed by atoms with van der Waals surface area (Å²) in [5, 5.41) is 12.1. The zero-order chi connectivity index (χ0) is 18.5. The summed E-state index contributed by atoms with van der Waals surface area (Å²) in [6.07, 6.45) is 14.7. The second-order valence-corrected chi connectivity index (χ2v) is 7.36. The largest absolute Gasteiger partial charge is 0.607 e. The van der Waals surface area contributed by atoms with Crippen LogP contribution in [0.1, 0.15) is 52.4 Å². The lowest BCUT2D eigenvalue weighted by Crippen LogP contribution is -2.43. The van der Waals surface area contributed by atoms with Crippen molar-refractivity contribution in [1.29, 1.82) is 0 Å². The van der Waals surface area contributed by atoms with Crippen LogP contribution < -0.4 is 5.11 Å². The summed E-state index contributed by atoms with van der Waals surface area (Å²) >= 11 is 0. The van der Waals surface area contributed by atoms with Crippen LogP contribution in [0, 0.1) is 0 Å². The summed E-state index contributed by atoms with van der Waals surface area (Å²) in [5.41, 5.74) is 1.53. The molecule has 0 unspecified atom stereocenters. The van der Waals surface area contributed by atoms with Gasteiger partial charge in [-0.1, -0.05) is 45.3 Å². The molecule has 0 atom stereocenters. The Morgan fingerprint density at radius 2 is 1.64 bits per heavy atom. The third-order valence-corrected chi connectivity index (χ3v) is 4.46. The van der Waals surface area contributed by atoms with Gasteiger partial charge in [-0.25, -0.2) is 0 Å². The molecule has 0 aliphatic heterocycles. The average Bonchev–Trinajstić information content (AvgIpc) is 2.59. The van der Waals surface area contributed by atoms with E-state index in [9.17, 15) is 5.11 Å². The maximum atomic E-state index is 12.1. The molecule has 1 rings (SSSR count). The molecule has 142 valence electrons. The van der Waals surface area contributed by atoms with Crippen molar-refractivity contribution in [2.24, 2.45) is 4.99 Å². The predicted molar refractivity (Wildman–Crippen MR) is 104 cm³/mol. The van der Waals surface area contributed by atoms with Crippen molar-refractivity contribution in [3.8, 4) is 0 Å². The highest BCUT2D eigenvalue weighted by molar-refractivity contribution is 6.05. The molecule has 0 N–H and O–H groups in total. The lowest BCUT2D eigenvalue weighted by atomic mass is 10.1. The quantitative estimate of drug-likeness (QED) is 0.307. The van der Waals surface area contributed by atoms with Crippen LogP contribution in [0.2, 0.25) is 0 Å². The summed E-state index contributed by atoms with van der Waals surface area (Å²) in [7, 11) is 4.40. The Morgan fingerprint density at radius 3 is 2.28 bits per heavy atom. The van der Waals surface area contributed by atoms with E-state index in [1.165, 1.54) is 25.7 Å². The lowest BCUT2D eigenvalue weighted by Gasteiger charge is -2.32. The van der Waals surface area contributed by atoms with Crippen LogP contribution in [-0.4, -0.2) is 50.5 Å². The van der Waals surface area contributed by atoms with Gasteiger partial charge < -0.3 is 14.3 Å². The van der Waals surface area contributed by atoms with Gasteiger partial charge in [0.2, 0.25) is 0 Å². The van der Waals surface area contributed by atoms with Crippen LogP contribution in [0.5, 0.6) is 0 Å². The number of hydrogen-bond donors (Lipinski definition) is 0. The van der Waals surface area contributed by atoms with Crippen molar-refractivity contribution in [3.63, 3.8) is 0 Å². The summed E-state index contributed by atoms with van der Waals surface area (Å²) in [4.78, 5) is 4.48. The molecule has 25 heavy (non-hydrogen) atoms. The Bertz CT molecular complexity index is 484. The lowest BCUT2D eigenvalue weighted by molar-refractivity contribution is -0.891. The number of allylic oxidation sites excluding steroid dienone is 5. The molecule has 0 saturated carbocycles. The van der Waals surface area contributed by atoms with Crippen LogP contribution in [0.3, 0.4) is 0 Å². The zero-order valence-corrected chi connectivity index (χ0v) is 16.6. The monoisotopic (exact) mass is 348 g/mol. The van der Waals surface area contributed by atoms with Gasteiger partial charge in [-0.2, -0.15) is 0 Å². The van der Waals surface area contributed by atoms with Gasteiger partial charge in [0.25, 0.3) is 0 Å². The Labute approximate surface area is 154 Å². The number of aliphatic imine (C=N–C) groups is 1. The maximum Gasteiger partial charge on any atom is 0.0877 e. The Morgan fingerprint density at radius 1 is 0.960 bits per heavy atom. The van der Waals surface area contributed by atoms with Crippen molar-refractivity contribution in [1.82, 2.24) is 0 Å². The minimum absolute atomic E-state index is 0.244. The van der Waals surface area contributed by atoms with Crippen LogP contribution in [0.25, 0.3) is 0 Å². The summed E-state index contributed by atoms with van der Waals surface area (Å²) in [6.45, 7) is 7.66. The Hall–Kier alpha value is -1.55. The minimum Gasteiger partial charge on any atom is -0.607 e. The van der Waals surface area contributed by atoms with Crippen LogP contribution in [0.15, 0.2) is 40.8 Å². The predicted octanol–water partition coefficient (Wildman–Crippen LogP) is 3.60. The third-order valence-electron chi connectivity index (χ3n) is 4.46. The van der Waals surface area contributed by atoms with Gasteiger partial charge in [0, 0.05) is 13.2 Å². The van der Waals surface area contributed by atoms with E-state index in [2.05, 4.69) is 32.9 Å². The fourth-order valence-electron chi connectivity index (χ4n) is 2.62. The number of unbranched alkanes of at least 4 members (excludes halogenated alkanes) is 4. The maximum absolute atomic E-state index is 12.1. The third kappa shape index (κ3) is 9.49. The van der Waals surface area contributed by atoms with E-state index in [4.69, 9.17) is 4.74 Å². The molecule has 0 spiro atoms. The molecule has 0 saturated heterocycles. The first-order valence-electron chi connectivity index (χ1n) is 9.75. The molecule has 0 bridgehead atoms.